The van der Waals surface area contributed by atoms with E-state index < -0.39 is 11.9 Å². The molecule has 3 aliphatic heterocycles. The fourth-order valence-electron chi connectivity index (χ4n) is 2.58. The Morgan fingerprint density at radius 1 is 1.38 bits per heavy atom. The summed E-state index contributed by atoms with van der Waals surface area (Å²) in [6.07, 6.45) is 2.50. The number of fused-ring (bicyclic) bond motifs is 1. The number of hydrogen-bond acceptors (Lipinski definition) is 5. The Morgan fingerprint density at radius 2 is 2.25 bits per heavy atom. The van der Waals surface area contributed by atoms with Crippen LogP contribution in [-0.2, 0) is 23.7 Å². The first kappa shape index (κ1) is 10.5. The normalized spacial score (nSPS) is 46.2. The quantitative estimate of drug-likeness (QED) is 0.486. The van der Waals surface area contributed by atoms with Gasteiger partial charge in [-0.2, -0.15) is 0 Å². The molecule has 5 heteroatoms. The van der Waals surface area contributed by atoms with Crippen molar-refractivity contribution in [3.05, 3.63) is 0 Å². The molecule has 3 fully saturated rings. The summed E-state index contributed by atoms with van der Waals surface area (Å²) in [7, 11) is 0. The number of hydrogen-bond donors (Lipinski definition) is 0. The molecule has 0 aromatic heterocycles. The lowest BCUT2D eigenvalue weighted by molar-refractivity contribution is -0.310. The molecule has 4 atom stereocenters. The highest BCUT2D eigenvalue weighted by atomic mass is 16.8. The molecule has 0 aromatic rings. The van der Waals surface area contributed by atoms with Crippen LogP contribution >= 0.6 is 0 Å². The van der Waals surface area contributed by atoms with E-state index in [0.29, 0.717) is 13.2 Å². The van der Waals surface area contributed by atoms with Crippen molar-refractivity contribution in [1.29, 1.82) is 0 Å². The molecule has 3 aliphatic rings. The molecule has 0 N–H and O–H groups in total. The molecule has 3 rings (SSSR count). The maximum absolute atomic E-state index is 11.1. The third-order valence-corrected chi connectivity index (χ3v) is 3.40. The van der Waals surface area contributed by atoms with E-state index in [0.717, 1.165) is 19.3 Å². The second-order valence-corrected chi connectivity index (χ2v) is 4.60. The first-order valence-electron chi connectivity index (χ1n) is 5.82. The summed E-state index contributed by atoms with van der Waals surface area (Å²) in [6, 6.07) is 0. The van der Waals surface area contributed by atoms with Crippen LogP contribution in [0.3, 0.4) is 0 Å². The Bertz CT molecular complexity index is 297. The monoisotopic (exact) mass is 228 g/mol. The number of epoxide rings is 1. The van der Waals surface area contributed by atoms with E-state index in [2.05, 4.69) is 0 Å². The van der Waals surface area contributed by atoms with Crippen molar-refractivity contribution in [1.82, 2.24) is 0 Å². The van der Waals surface area contributed by atoms with E-state index >= 15 is 0 Å². The van der Waals surface area contributed by atoms with Gasteiger partial charge in [-0.25, -0.2) is 0 Å². The number of carbonyl (C=O) groups excluding carboxylic acids is 1. The van der Waals surface area contributed by atoms with Crippen molar-refractivity contribution in [2.24, 2.45) is 0 Å². The number of esters is 1. The van der Waals surface area contributed by atoms with Gasteiger partial charge in [0, 0.05) is 13.3 Å². The minimum absolute atomic E-state index is 0.0317. The Morgan fingerprint density at radius 3 is 2.94 bits per heavy atom. The molecule has 0 aliphatic carbocycles. The van der Waals surface area contributed by atoms with E-state index in [1.165, 1.54) is 6.92 Å². The molecule has 5 nitrogen and oxygen atoms in total. The molecule has 16 heavy (non-hydrogen) atoms. The lowest BCUT2D eigenvalue weighted by atomic mass is 9.94. The van der Waals surface area contributed by atoms with Gasteiger partial charge in [-0.15, -0.1) is 0 Å². The third-order valence-electron chi connectivity index (χ3n) is 3.40. The molecule has 0 aromatic carbocycles. The van der Waals surface area contributed by atoms with Crippen molar-refractivity contribution in [3.8, 4) is 0 Å². The van der Waals surface area contributed by atoms with Gasteiger partial charge in [0.25, 0.3) is 0 Å². The fraction of sp³-hybridized carbons (Fsp3) is 0.909. The summed E-state index contributed by atoms with van der Waals surface area (Å²) < 4.78 is 22.2. The van der Waals surface area contributed by atoms with E-state index in [9.17, 15) is 4.79 Å². The summed E-state index contributed by atoms with van der Waals surface area (Å²) >= 11 is 0. The van der Waals surface area contributed by atoms with Gasteiger partial charge >= 0.3 is 5.97 Å². The van der Waals surface area contributed by atoms with Gasteiger partial charge in [0.15, 0.2) is 6.10 Å². The fourth-order valence-corrected chi connectivity index (χ4v) is 2.58. The van der Waals surface area contributed by atoms with Gasteiger partial charge < -0.3 is 18.9 Å². The molecule has 0 radical (unpaired) electrons. The Kier molecular flexibility index (Phi) is 2.42. The highest BCUT2D eigenvalue weighted by Gasteiger charge is 2.62. The number of carbonyl (C=O) groups is 1. The van der Waals surface area contributed by atoms with Gasteiger partial charge in [0.05, 0.1) is 13.2 Å². The predicted molar refractivity (Wildman–Crippen MR) is 52.7 cm³/mol. The average Bonchev–Trinajstić information content (AvgIpc) is 3.03. The van der Waals surface area contributed by atoms with E-state index in [-0.39, 0.29) is 18.2 Å². The van der Waals surface area contributed by atoms with Crippen LogP contribution in [0.4, 0.5) is 0 Å². The Balaban J connectivity index is 1.80. The van der Waals surface area contributed by atoms with E-state index in [4.69, 9.17) is 18.9 Å². The largest absolute Gasteiger partial charge is 0.454 e. The van der Waals surface area contributed by atoms with Crippen LogP contribution in [0.15, 0.2) is 0 Å². The topological polar surface area (TPSA) is 57.3 Å². The second kappa shape index (κ2) is 3.68. The number of ether oxygens (including phenoxy) is 4. The molecular formula is C11H16O5. The molecule has 1 spiro atoms. The Hall–Kier alpha value is -0.650. The highest BCUT2D eigenvalue weighted by molar-refractivity contribution is 5.66. The molecule has 90 valence electrons. The molecule has 0 bridgehead atoms. The number of rotatable bonds is 1. The molecule has 0 amide bonds. The van der Waals surface area contributed by atoms with Crippen molar-refractivity contribution < 1.29 is 23.7 Å². The zero-order valence-electron chi connectivity index (χ0n) is 9.31. The molecule has 3 saturated heterocycles. The lowest BCUT2D eigenvalue weighted by Gasteiger charge is -2.43. The molecule has 0 unspecified atom stereocenters. The smallest absolute Gasteiger partial charge is 0.303 e. The van der Waals surface area contributed by atoms with Crippen LogP contribution in [0.2, 0.25) is 0 Å². The van der Waals surface area contributed by atoms with E-state index in [1.54, 1.807) is 0 Å². The standard InChI is InChI=1S/C11H16O5/c1-7(12)15-10-9-8(16-9)6-14-11(10)4-2-3-5-13-11/h8-10H,2-6H2,1H3/t8-,9-,10-,11-/m0/s1. The summed E-state index contributed by atoms with van der Waals surface area (Å²) in [5.74, 6) is -1.06. The van der Waals surface area contributed by atoms with Gasteiger partial charge in [0.1, 0.15) is 12.2 Å². The van der Waals surface area contributed by atoms with Gasteiger partial charge in [-0.1, -0.05) is 0 Å². The minimum atomic E-state index is -0.748. The van der Waals surface area contributed by atoms with Crippen LogP contribution in [0.1, 0.15) is 26.2 Å². The summed E-state index contributed by atoms with van der Waals surface area (Å²) in [4.78, 5) is 11.1. The van der Waals surface area contributed by atoms with Gasteiger partial charge in [-0.05, 0) is 12.8 Å². The maximum atomic E-state index is 11.1. The van der Waals surface area contributed by atoms with Gasteiger partial charge in [-0.3, -0.25) is 4.79 Å². The second-order valence-electron chi connectivity index (χ2n) is 4.60. The van der Waals surface area contributed by atoms with Crippen molar-refractivity contribution in [3.63, 3.8) is 0 Å². The minimum Gasteiger partial charge on any atom is -0.454 e. The first-order valence-corrected chi connectivity index (χ1v) is 5.82. The van der Waals surface area contributed by atoms with Crippen LogP contribution in [-0.4, -0.2) is 43.3 Å². The average molecular weight is 228 g/mol. The summed E-state index contributed by atoms with van der Waals surface area (Å²) in [5.41, 5.74) is 0. The van der Waals surface area contributed by atoms with Crippen molar-refractivity contribution >= 4 is 5.97 Å². The van der Waals surface area contributed by atoms with Crippen LogP contribution in [0.25, 0.3) is 0 Å². The SMILES string of the molecule is CC(=O)O[C@H]1[C@H]2O[C@H]2CO[C@@]12CCCCO2. The van der Waals surface area contributed by atoms with Crippen LogP contribution in [0.5, 0.6) is 0 Å². The van der Waals surface area contributed by atoms with Crippen molar-refractivity contribution in [2.45, 2.75) is 50.3 Å². The third kappa shape index (κ3) is 1.63. The Labute approximate surface area is 94.0 Å². The predicted octanol–water partition coefficient (Wildman–Crippen LogP) is 0.612. The zero-order chi connectivity index (χ0) is 11.2. The zero-order valence-corrected chi connectivity index (χ0v) is 9.31. The molecule has 0 saturated carbocycles. The first-order chi connectivity index (χ1) is 7.71. The maximum Gasteiger partial charge on any atom is 0.303 e. The van der Waals surface area contributed by atoms with E-state index in [1.807, 2.05) is 0 Å². The molecular weight excluding hydrogens is 212 g/mol. The highest BCUT2D eigenvalue weighted by Crippen LogP contribution is 2.44. The van der Waals surface area contributed by atoms with Crippen LogP contribution < -0.4 is 0 Å². The van der Waals surface area contributed by atoms with Gasteiger partial charge in [0.2, 0.25) is 5.79 Å². The van der Waals surface area contributed by atoms with Crippen LogP contribution in [0, 0.1) is 0 Å². The summed E-state index contributed by atoms with van der Waals surface area (Å²) in [5, 5.41) is 0. The molecule has 3 heterocycles. The summed E-state index contributed by atoms with van der Waals surface area (Å²) in [6.45, 7) is 2.61. The lowest BCUT2D eigenvalue weighted by Crippen LogP contribution is -2.57. The van der Waals surface area contributed by atoms with Crippen molar-refractivity contribution in [2.75, 3.05) is 13.2 Å².